The maximum atomic E-state index is 9.70. The van der Waals surface area contributed by atoms with E-state index in [1.54, 1.807) is 7.11 Å². The van der Waals surface area contributed by atoms with E-state index in [0.717, 1.165) is 36.3 Å². The fourth-order valence-electron chi connectivity index (χ4n) is 2.54. The van der Waals surface area contributed by atoms with E-state index in [9.17, 15) is 5.11 Å². The molecule has 0 amide bonds. The maximum Gasteiger partial charge on any atom is 0.161 e. The molecule has 1 aromatic carbocycles. The SMILES string of the molecule is CCC(O)Cc1ccc(OC2CCCC2)c(OC)c1. The second kappa shape index (κ2) is 6.80. The fourth-order valence-corrected chi connectivity index (χ4v) is 2.54. The van der Waals surface area contributed by atoms with Crippen LogP contribution in [0.2, 0.25) is 0 Å². The zero-order chi connectivity index (χ0) is 13.7. The Hall–Kier alpha value is -1.22. The highest BCUT2D eigenvalue weighted by Gasteiger charge is 2.18. The summed E-state index contributed by atoms with van der Waals surface area (Å²) in [5, 5.41) is 9.70. The molecule has 1 saturated carbocycles. The Morgan fingerprint density at radius 1 is 1.26 bits per heavy atom. The van der Waals surface area contributed by atoms with Crippen molar-refractivity contribution in [2.24, 2.45) is 0 Å². The number of hydrogen-bond acceptors (Lipinski definition) is 3. The summed E-state index contributed by atoms with van der Waals surface area (Å²) in [4.78, 5) is 0. The molecule has 3 nitrogen and oxygen atoms in total. The Kier molecular flexibility index (Phi) is 5.08. The number of benzene rings is 1. The van der Waals surface area contributed by atoms with E-state index in [-0.39, 0.29) is 6.10 Å². The number of hydrogen-bond donors (Lipinski definition) is 1. The third kappa shape index (κ3) is 3.87. The monoisotopic (exact) mass is 264 g/mol. The Labute approximate surface area is 115 Å². The Bertz CT molecular complexity index is 397. The standard InChI is InChI=1S/C16H24O3/c1-3-13(17)10-12-8-9-15(16(11-12)18-2)19-14-6-4-5-7-14/h8-9,11,13-14,17H,3-7,10H2,1-2H3. The molecule has 1 N–H and O–H groups in total. The van der Waals surface area contributed by atoms with E-state index >= 15 is 0 Å². The van der Waals surface area contributed by atoms with Gasteiger partial charge in [0, 0.05) is 0 Å². The van der Waals surface area contributed by atoms with Gasteiger partial charge in [0.15, 0.2) is 11.5 Å². The first kappa shape index (κ1) is 14.2. The Morgan fingerprint density at radius 2 is 2.00 bits per heavy atom. The summed E-state index contributed by atoms with van der Waals surface area (Å²) in [7, 11) is 1.66. The zero-order valence-electron chi connectivity index (χ0n) is 11.9. The van der Waals surface area contributed by atoms with Crippen molar-refractivity contribution in [3.63, 3.8) is 0 Å². The second-order valence-corrected chi connectivity index (χ2v) is 5.28. The summed E-state index contributed by atoms with van der Waals surface area (Å²) < 4.78 is 11.4. The van der Waals surface area contributed by atoms with Crippen LogP contribution in [0, 0.1) is 0 Å². The molecule has 1 aliphatic rings. The largest absolute Gasteiger partial charge is 0.493 e. The highest BCUT2D eigenvalue weighted by atomic mass is 16.5. The van der Waals surface area contributed by atoms with Gasteiger partial charge in [-0.05, 0) is 56.2 Å². The number of methoxy groups -OCH3 is 1. The number of ether oxygens (including phenoxy) is 2. The minimum absolute atomic E-state index is 0.286. The van der Waals surface area contributed by atoms with Crippen molar-refractivity contribution in [2.45, 2.75) is 57.7 Å². The predicted molar refractivity (Wildman–Crippen MR) is 75.9 cm³/mol. The molecule has 0 heterocycles. The minimum Gasteiger partial charge on any atom is -0.493 e. The smallest absolute Gasteiger partial charge is 0.161 e. The average Bonchev–Trinajstić information content (AvgIpc) is 2.93. The van der Waals surface area contributed by atoms with Gasteiger partial charge in [-0.15, -0.1) is 0 Å². The molecule has 0 radical (unpaired) electrons. The van der Waals surface area contributed by atoms with Gasteiger partial charge in [0.05, 0.1) is 19.3 Å². The summed E-state index contributed by atoms with van der Waals surface area (Å²) in [6.45, 7) is 1.99. The van der Waals surface area contributed by atoms with Crippen LogP contribution in [0.1, 0.15) is 44.6 Å². The lowest BCUT2D eigenvalue weighted by Gasteiger charge is -2.17. The van der Waals surface area contributed by atoms with Gasteiger partial charge in [0.1, 0.15) is 0 Å². The van der Waals surface area contributed by atoms with Crippen LogP contribution in [0.3, 0.4) is 0 Å². The third-order valence-corrected chi connectivity index (χ3v) is 3.77. The summed E-state index contributed by atoms with van der Waals surface area (Å²) >= 11 is 0. The van der Waals surface area contributed by atoms with Crippen LogP contribution in [-0.4, -0.2) is 24.4 Å². The van der Waals surface area contributed by atoms with Crippen LogP contribution in [0.4, 0.5) is 0 Å². The van der Waals surface area contributed by atoms with Crippen molar-refractivity contribution in [1.82, 2.24) is 0 Å². The van der Waals surface area contributed by atoms with Gasteiger partial charge in [-0.2, -0.15) is 0 Å². The highest BCUT2D eigenvalue weighted by Crippen LogP contribution is 2.32. The van der Waals surface area contributed by atoms with Crippen LogP contribution in [0.15, 0.2) is 18.2 Å². The van der Waals surface area contributed by atoms with Gasteiger partial charge in [-0.1, -0.05) is 13.0 Å². The topological polar surface area (TPSA) is 38.7 Å². The molecule has 1 aliphatic carbocycles. The minimum atomic E-state index is -0.286. The molecule has 0 bridgehead atoms. The lowest BCUT2D eigenvalue weighted by molar-refractivity contribution is 0.170. The van der Waals surface area contributed by atoms with E-state index in [4.69, 9.17) is 9.47 Å². The first-order chi connectivity index (χ1) is 9.22. The number of aliphatic hydroxyl groups excluding tert-OH is 1. The van der Waals surface area contributed by atoms with Crippen LogP contribution >= 0.6 is 0 Å². The molecule has 0 aliphatic heterocycles. The summed E-state index contributed by atoms with van der Waals surface area (Å²) in [6, 6.07) is 5.96. The van der Waals surface area contributed by atoms with Crippen LogP contribution < -0.4 is 9.47 Å². The molecule has 1 atom stereocenters. The van der Waals surface area contributed by atoms with E-state index in [2.05, 4.69) is 0 Å². The van der Waals surface area contributed by atoms with Crippen molar-refractivity contribution in [1.29, 1.82) is 0 Å². The Morgan fingerprint density at radius 3 is 2.63 bits per heavy atom. The Balaban J connectivity index is 2.06. The lowest BCUT2D eigenvalue weighted by Crippen LogP contribution is -2.12. The van der Waals surface area contributed by atoms with E-state index in [1.165, 1.54) is 12.8 Å². The average molecular weight is 264 g/mol. The quantitative estimate of drug-likeness (QED) is 0.856. The molecule has 1 aromatic rings. The van der Waals surface area contributed by atoms with Gasteiger partial charge in [0.25, 0.3) is 0 Å². The highest BCUT2D eigenvalue weighted by molar-refractivity contribution is 5.43. The van der Waals surface area contributed by atoms with Gasteiger partial charge in [-0.3, -0.25) is 0 Å². The van der Waals surface area contributed by atoms with Gasteiger partial charge < -0.3 is 14.6 Å². The molecular weight excluding hydrogens is 240 g/mol. The third-order valence-electron chi connectivity index (χ3n) is 3.77. The summed E-state index contributed by atoms with van der Waals surface area (Å²) in [5.74, 6) is 1.59. The van der Waals surface area contributed by atoms with Crippen LogP contribution in [-0.2, 0) is 6.42 Å². The van der Waals surface area contributed by atoms with Gasteiger partial charge in [-0.25, -0.2) is 0 Å². The van der Waals surface area contributed by atoms with Gasteiger partial charge in [0.2, 0.25) is 0 Å². The fraction of sp³-hybridized carbons (Fsp3) is 0.625. The van der Waals surface area contributed by atoms with E-state index < -0.39 is 0 Å². The first-order valence-corrected chi connectivity index (χ1v) is 7.24. The van der Waals surface area contributed by atoms with Crippen molar-refractivity contribution >= 4 is 0 Å². The first-order valence-electron chi connectivity index (χ1n) is 7.24. The molecule has 19 heavy (non-hydrogen) atoms. The summed E-state index contributed by atoms with van der Waals surface area (Å²) in [5.41, 5.74) is 1.09. The lowest BCUT2D eigenvalue weighted by atomic mass is 10.1. The molecule has 0 aromatic heterocycles. The molecule has 2 rings (SSSR count). The molecule has 0 saturated heterocycles. The van der Waals surface area contributed by atoms with E-state index in [0.29, 0.717) is 12.5 Å². The molecular formula is C16H24O3. The molecule has 3 heteroatoms. The van der Waals surface area contributed by atoms with Crippen molar-refractivity contribution in [3.05, 3.63) is 23.8 Å². The zero-order valence-corrected chi connectivity index (χ0v) is 11.9. The molecule has 106 valence electrons. The van der Waals surface area contributed by atoms with Crippen LogP contribution in [0.5, 0.6) is 11.5 Å². The normalized spacial score (nSPS) is 17.4. The molecule has 1 fully saturated rings. The number of aliphatic hydroxyl groups is 1. The second-order valence-electron chi connectivity index (χ2n) is 5.28. The predicted octanol–water partition coefficient (Wildman–Crippen LogP) is 3.33. The number of rotatable bonds is 6. The summed E-state index contributed by atoms with van der Waals surface area (Å²) in [6.07, 6.45) is 6.27. The van der Waals surface area contributed by atoms with Crippen molar-refractivity contribution in [2.75, 3.05) is 7.11 Å². The van der Waals surface area contributed by atoms with Crippen molar-refractivity contribution < 1.29 is 14.6 Å². The maximum absolute atomic E-state index is 9.70. The van der Waals surface area contributed by atoms with E-state index in [1.807, 2.05) is 25.1 Å². The van der Waals surface area contributed by atoms with Crippen molar-refractivity contribution in [3.8, 4) is 11.5 Å². The van der Waals surface area contributed by atoms with Gasteiger partial charge >= 0.3 is 0 Å². The van der Waals surface area contributed by atoms with Crippen LogP contribution in [0.25, 0.3) is 0 Å². The molecule has 0 spiro atoms. The molecule has 1 unspecified atom stereocenters.